The highest BCUT2D eigenvalue weighted by atomic mass is 35.5. The largest absolute Gasteiger partial charge is 0.324 e. The monoisotopic (exact) mass is 298 g/mol. The molecule has 1 aliphatic carbocycles. The minimum Gasteiger partial charge on any atom is -0.324 e. The van der Waals surface area contributed by atoms with Gasteiger partial charge >= 0.3 is 0 Å². The van der Waals surface area contributed by atoms with E-state index in [1.165, 1.54) is 6.07 Å². The molecule has 1 aliphatic rings. The van der Waals surface area contributed by atoms with Gasteiger partial charge in [0.15, 0.2) is 5.82 Å². The number of alkyl halides is 1. The van der Waals surface area contributed by atoms with Crippen LogP contribution in [0.15, 0.2) is 12.1 Å². The van der Waals surface area contributed by atoms with Gasteiger partial charge in [0.05, 0.1) is 11.4 Å². The zero-order valence-electron chi connectivity index (χ0n) is 11.4. The van der Waals surface area contributed by atoms with Gasteiger partial charge in [0.2, 0.25) is 0 Å². The SMILES string of the molecule is CC1CCC(n2c(CCl)nc3c(F)cc(F)cc32)CC1. The topological polar surface area (TPSA) is 17.8 Å². The summed E-state index contributed by atoms with van der Waals surface area (Å²) in [5.74, 6) is 0.373. The molecule has 1 heterocycles. The third kappa shape index (κ3) is 2.30. The molecule has 108 valence electrons. The van der Waals surface area contributed by atoms with Crippen LogP contribution in [-0.2, 0) is 5.88 Å². The smallest absolute Gasteiger partial charge is 0.153 e. The van der Waals surface area contributed by atoms with Crippen molar-refractivity contribution in [3.63, 3.8) is 0 Å². The third-order valence-electron chi connectivity index (χ3n) is 4.26. The van der Waals surface area contributed by atoms with Crippen molar-refractivity contribution in [2.75, 3.05) is 0 Å². The lowest BCUT2D eigenvalue weighted by Crippen LogP contribution is -2.18. The summed E-state index contributed by atoms with van der Waals surface area (Å²) in [6.45, 7) is 2.24. The second-order valence-corrected chi connectivity index (χ2v) is 5.97. The maximum absolute atomic E-state index is 13.8. The molecule has 0 aliphatic heterocycles. The van der Waals surface area contributed by atoms with Crippen molar-refractivity contribution in [2.24, 2.45) is 5.92 Å². The fourth-order valence-corrected chi connectivity index (χ4v) is 3.36. The van der Waals surface area contributed by atoms with Gasteiger partial charge in [-0.05, 0) is 37.7 Å². The lowest BCUT2D eigenvalue weighted by Gasteiger charge is -2.28. The van der Waals surface area contributed by atoms with Crippen LogP contribution in [0.4, 0.5) is 8.78 Å². The van der Waals surface area contributed by atoms with Crippen molar-refractivity contribution in [3.8, 4) is 0 Å². The fraction of sp³-hybridized carbons (Fsp3) is 0.533. The predicted molar refractivity (Wildman–Crippen MR) is 75.9 cm³/mol. The molecule has 0 amide bonds. The van der Waals surface area contributed by atoms with Gasteiger partial charge in [-0.3, -0.25) is 0 Å². The Morgan fingerprint density at radius 1 is 1.25 bits per heavy atom. The molecule has 1 saturated carbocycles. The third-order valence-corrected chi connectivity index (χ3v) is 4.50. The van der Waals surface area contributed by atoms with Gasteiger partial charge in [-0.25, -0.2) is 13.8 Å². The second-order valence-electron chi connectivity index (χ2n) is 5.70. The molecule has 5 heteroatoms. The van der Waals surface area contributed by atoms with E-state index in [2.05, 4.69) is 11.9 Å². The number of nitrogens with zero attached hydrogens (tertiary/aromatic N) is 2. The van der Waals surface area contributed by atoms with Crippen LogP contribution in [-0.4, -0.2) is 9.55 Å². The average molecular weight is 299 g/mol. The van der Waals surface area contributed by atoms with Gasteiger partial charge in [-0.1, -0.05) is 6.92 Å². The summed E-state index contributed by atoms with van der Waals surface area (Å²) in [5, 5.41) is 0. The normalized spacial score (nSPS) is 23.4. The quantitative estimate of drug-likeness (QED) is 0.728. The Hall–Kier alpha value is -1.16. The van der Waals surface area contributed by atoms with Crippen LogP contribution in [0.2, 0.25) is 0 Å². The molecule has 1 aromatic carbocycles. The van der Waals surface area contributed by atoms with E-state index in [4.69, 9.17) is 11.6 Å². The Balaban J connectivity index is 2.12. The Morgan fingerprint density at radius 3 is 2.60 bits per heavy atom. The molecule has 0 N–H and O–H groups in total. The van der Waals surface area contributed by atoms with Crippen molar-refractivity contribution < 1.29 is 8.78 Å². The van der Waals surface area contributed by atoms with Gasteiger partial charge < -0.3 is 4.57 Å². The molecule has 1 fully saturated rings. The molecule has 2 nitrogen and oxygen atoms in total. The number of hydrogen-bond donors (Lipinski definition) is 0. The van der Waals surface area contributed by atoms with E-state index in [1.807, 2.05) is 4.57 Å². The molecule has 20 heavy (non-hydrogen) atoms. The van der Waals surface area contributed by atoms with Gasteiger partial charge in [-0.15, -0.1) is 11.6 Å². The van der Waals surface area contributed by atoms with Crippen LogP contribution in [0.5, 0.6) is 0 Å². The van der Waals surface area contributed by atoms with Crippen molar-refractivity contribution in [3.05, 3.63) is 29.6 Å². The number of benzene rings is 1. The van der Waals surface area contributed by atoms with Gasteiger partial charge in [0.1, 0.15) is 17.2 Å². The Kier molecular flexibility index (Phi) is 3.67. The van der Waals surface area contributed by atoms with Gasteiger partial charge in [0, 0.05) is 12.1 Å². The van der Waals surface area contributed by atoms with Crippen LogP contribution in [0, 0.1) is 17.6 Å². The number of imidazole rings is 1. The minimum absolute atomic E-state index is 0.210. The summed E-state index contributed by atoms with van der Waals surface area (Å²) in [6, 6.07) is 2.48. The van der Waals surface area contributed by atoms with Crippen molar-refractivity contribution in [2.45, 2.75) is 44.5 Å². The van der Waals surface area contributed by atoms with Crippen LogP contribution in [0.3, 0.4) is 0 Å². The van der Waals surface area contributed by atoms with Crippen LogP contribution >= 0.6 is 11.6 Å². The van der Waals surface area contributed by atoms with Crippen molar-refractivity contribution in [1.82, 2.24) is 9.55 Å². The van der Waals surface area contributed by atoms with E-state index >= 15 is 0 Å². The summed E-state index contributed by atoms with van der Waals surface area (Å²) >= 11 is 5.94. The van der Waals surface area contributed by atoms with E-state index < -0.39 is 11.6 Å². The molecule has 0 saturated heterocycles. The zero-order chi connectivity index (χ0) is 14.3. The van der Waals surface area contributed by atoms with E-state index in [-0.39, 0.29) is 17.4 Å². The zero-order valence-corrected chi connectivity index (χ0v) is 12.1. The Morgan fingerprint density at radius 2 is 1.95 bits per heavy atom. The lowest BCUT2D eigenvalue weighted by atomic mass is 9.87. The average Bonchev–Trinajstić information content (AvgIpc) is 2.78. The van der Waals surface area contributed by atoms with E-state index in [0.717, 1.165) is 31.7 Å². The van der Waals surface area contributed by atoms with Crippen molar-refractivity contribution >= 4 is 22.6 Å². The molecule has 0 spiro atoms. The number of fused-ring (bicyclic) bond motifs is 1. The molecule has 0 radical (unpaired) electrons. The number of hydrogen-bond acceptors (Lipinski definition) is 1. The first-order chi connectivity index (χ1) is 9.60. The maximum Gasteiger partial charge on any atom is 0.153 e. The Labute approximate surface area is 121 Å². The van der Waals surface area contributed by atoms with E-state index in [1.54, 1.807) is 0 Å². The summed E-state index contributed by atoms with van der Waals surface area (Å²) in [4.78, 5) is 4.26. The fourth-order valence-electron chi connectivity index (χ4n) is 3.17. The van der Waals surface area contributed by atoms with Crippen molar-refractivity contribution in [1.29, 1.82) is 0 Å². The minimum atomic E-state index is -0.616. The highest BCUT2D eigenvalue weighted by Crippen LogP contribution is 2.36. The molecular weight excluding hydrogens is 282 g/mol. The summed E-state index contributed by atoms with van der Waals surface area (Å²) < 4.78 is 29.3. The molecule has 0 bridgehead atoms. The molecule has 1 aromatic heterocycles. The molecule has 2 aromatic rings. The molecular formula is C15H17ClF2N2. The summed E-state index contributed by atoms with van der Waals surface area (Å²) in [6.07, 6.45) is 4.27. The van der Waals surface area contributed by atoms with E-state index in [9.17, 15) is 8.78 Å². The molecule has 0 unspecified atom stereocenters. The molecule has 0 atom stereocenters. The second kappa shape index (κ2) is 5.32. The summed E-state index contributed by atoms with van der Waals surface area (Å²) in [7, 11) is 0. The van der Waals surface area contributed by atoms with Crippen LogP contribution in [0.1, 0.15) is 44.5 Å². The standard InChI is InChI=1S/C15H17ClF2N2/c1-9-2-4-11(5-3-9)20-13-7-10(17)6-12(18)15(13)19-14(20)8-16/h6-7,9,11H,2-5,8H2,1H3. The first kappa shape index (κ1) is 13.8. The number of rotatable bonds is 2. The lowest BCUT2D eigenvalue weighted by molar-refractivity contribution is 0.290. The number of aromatic nitrogens is 2. The van der Waals surface area contributed by atoms with Gasteiger partial charge in [-0.2, -0.15) is 0 Å². The Bertz CT molecular complexity index is 630. The first-order valence-corrected chi connectivity index (χ1v) is 7.55. The summed E-state index contributed by atoms with van der Waals surface area (Å²) in [5.41, 5.74) is 0.748. The maximum atomic E-state index is 13.8. The van der Waals surface area contributed by atoms with Crippen LogP contribution in [0.25, 0.3) is 11.0 Å². The van der Waals surface area contributed by atoms with Crippen LogP contribution < -0.4 is 0 Å². The predicted octanol–water partition coefficient (Wildman–Crippen LogP) is 4.80. The first-order valence-electron chi connectivity index (χ1n) is 7.02. The highest BCUT2D eigenvalue weighted by Gasteiger charge is 2.25. The van der Waals surface area contributed by atoms with Gasteiger partial charge in [0.25, 0.3) is 0 Å². The van der Waals surface area contributed by atoms with E-state index in [0.29, 0.717) is 17.3 Å². The molecule has 3 rings (SSSR count). The highest BCUT2D eigenvalue weighted by molar-refractivity contribution is 6.16. The number of halogens is 3.